The lowest BCUT2D eigenvalue weighted by atomic mass is 10.1. The number of thioether (sulfide) groups is 1. The summed E-state index contributed by atoms with van der Waals surface area (Å²) in [6, 6.07) is 5.42. The summed E-state index contributed by atoms with van der Waals surface area (Å²) < 4.78 is 16.3. The fraction of sp³-hybridized carbons (Fsp3) is 0.375. The van der Waals surface area contributed by atoms with Crippen LogP contribution in [0.15, 0.2) is 18.2 Å². The van der Waals surface area contributed by atoms with Gasteiger partial charge in [0.2, 0.25) is 5.91 Å². The van der Waals surface area contributed by atoms with Crippen molar-refractivity contribution >= 4 is 23.5 Å². The van der Waals surface area contributed by atoms with E-state index in [2.05, 4.69) is 10.2 Å². The van der Waals surface area contributed by atoms with Crippen molar-refractivity contribution in [3.8, 4) is 17.2 Å². The van der Waals surface area contributed by atoms with Crippen LogP contribution in [-0.2, 0) is 4.79 Å². The molecule has 8 heteroatoms. The van der Waals surface area contributed by atoms with E-state index < -0.39 is 0 Å². The second kappa shape index (κ2) is 6.64. The number of amides is 1. The zero-order valence-corrected chi connectivity index (χ0v) is 14.8. The molecular formula is C16H19N3O4S. The molecule has 2 aromatic rings. The molecule has 0 aliphatic carbocycles. The fourth-order valence-electron chi connectivity index (χ4n) is 2.69. The summed E-state index contributed by atoms with van der Waals surface area (Å²) in [6.45, 7) is 1.90. The van der Waals surface area contributed by atoms with Gasteiger partial charge in [0, 0.05) is 23.9 Å². The zero-order chi connectivity index (χ0) is 17.3. The van der Waals surface area contributed by atoms with Crippen LogP contribution in [0.4, 0.5) is 5.82 Å². The van der Waals surface area contributed by atoms with E-state index in [0.29, 0.717) is 28.8 Å². The average Bonchev–Trinajstić information content (AvgIpc) is 3.18. The number of aryl methyl sites for hydroxylation is 1. The number of carbonyl (C=O) groups is 1. The molecule has 1 amide bonds. The third-order valence-electron chi connectivity index (χ3n) is 3.81. The first-order chi connectivity index (χ1) is 11.6. The first kappa shape index (κ1) is 16.5. The molecule has 1 aliphatic rings. The number of nitrogens with zero attached hydrogens (tertiary/aromatic N) is 2. The number of rotatable bonds is 5. The van der Waals surface area contributed by atoms with Gasteiger partial charge in [-0.1, -0.05) is 0 Å². The lowest BCUT2D eigenvalue weighted by Gasteiger charge is -2.25. The average molecular weight is 349 g/mol. The molecule has 1 aromatic heterocycles. The quantitative estimate of drug-likeness (QED) is 0.894. The first-order valence-electron chi connectivity index (χ1n) is 7.34. The Kier molecular flexibility index (Phi) is 4.57. The summed E-state index contributed by atoms with van der Waals surface area (Å²) in [6.07, 6.45) is 0. The molecule has 128 valence electrons. The Morgan fingerprint density at radius 2 is 1.83 bits per heavy atom. The highest BCUT2D eigenvalue weighted by atomic mass is 32.2. The molecule has 1 atom stereocenters. The zero-order valence-electron chi connectivity index (χ0n) is 14.0. The monoisotopic (exact) mass is 349 g/mol. The maximum Gasteiger partial charge on any atom is 0.239 e. The van der Waals surface area contributed by atoms with Gasteiger partial charge in [-0.3, -0.25) is 14.8 Å². The first-order valence-corrected chi connectivity index (χ1v) is 8.39. The van der Waals surface area contributed by atoms with E-state index in [0.717, 1.165) is 11.3 Å². The number of hydrogen-bond donors (Lipinski definition) is 1. The predicted octanol–water partition coefficient (Wildman–Crippen LogP) is 2.52. The van der Waals surface area contributed by atoms with Gasteiger partial charge in [-0.05, 0) is 6.92 Å². The third kappa shape index (κ3) is 2.77. The second-order valence-corrected chi connectivity index (χ2v) is 6.35. The highest BCUT2D eigenvalue weighted by molar-refractivity contribution is 8.00. The van der Waals surface area contributed by atoms with Gasteiger partial charge < -0.3 is 14.2 Å². The summed E-state index contributed by atoms with van der Waals surface area (Å²) in [7, 11) is 4.75. The molecule has 1 fully saturated rings. The number of methoxy groups -OCH3 is 3. The number of anilines is 1. The van der Waals surface area contributed by atoms with Crippen LogP contribution in [0.2, 0.25) is 0 Å². The number of ether oxygens (including phenoxy) is 3. The highest BCUT2D eigenvalue weighted by Crippen LogP contribution is 2.49. The number of benzene rings is 1. The van der Waals surface area contributed by atoms with Crippen LogP contribution in [0.1, 0.15) is 16.6 Å². The molecule has 0 bridgehead atoms. The van der Waals surface area contributed by atoms with Crippen molar-refractivity contribution in [3.63, 3.8) is 0 Å². The summed E-state index contributed by atoms with van der Waals surface area (Å²) in [5, 5.41) is 6.83. The normalized spacial score (nSPS) is 17.2. The summed E-state index contributed by atoms with van der Waals surface area (Å²) >= 11 is 1.51. The predicted molar refractivity (Wildman–Crippen MR) is 92.1 cm³/mol. The van der Waals surface area contributed by atoms with Crippen LogP contribution in [-0.4, -0.2) is 43.2 Å². The lowest BCUT2D eigenvalue weighted by Crippen LogP contribution is -2.28. The molecular weight excluding hydrogens is 330 g/mol. The third-order valence-corrected chi connectivity index (χ3v) is 4.98. The van der Waals surface area contributed by atoms with Crippen molar-refractivity contribution in [2.24, 2.45) is 0 Å². The molecule has 0 radical (unpaired) electrons. The molecule has 24 heavy (non-hydrogen) atoms. The standard InChI is InChI=1S/C16H19N3O4S/c1-9-5-13(18-17-9)19-14(20)8-24-16(19)15-11(22-3)6-10(21-2)7-12(15)23-4/h5-7,16H,8H2,1-4H3,(H,17,18). The Morgan fingerprint density at radius 3 is 2.33 bits per heavy atom. The van der Waals surface area contributed by atoms with E-state index >= 15 is 0 Å². The second-order valence-electron chi connectivity index (χ2n) is 5.28. The van der Waals surface area contributed by atoms with Crippen molar-refractivity contribution < 1.29 is 19.0 Å². The molecule has 1 aromatic carbocycles. The Morgan fingerprint density at radius 1 is 1.17 bits per heavy atom. The fourth-order valence-corrected chi connectivity index (χ4v) is 3.90. The molecule has 1 aliphatic heterocycles. The summed E-state index contributed by atoms with van der Waals surface area (Å²) in [4.78, 5) is 14.1. The Hall–Kier alpha value is -2.35. The molecule has 7 nitrogen and oxygen atoms in total. The molecule has 0 saturated carbocycles. The minimum absolute atomic E-state index is 0.00331. The molecule has 0 spiro atoms. The number of aromatic amines is 1. The van der Waals surface area contributed by atoms with Gasteiger partial charge in [-0.2, -0.15) is 5.10 Å². The van der Waals surface area contributed by atoms with Gasteiger partial charge in [0.1, 0.15) is 22.6 Å². The Labute approximate surface area is 144 Å². The molecule has 1 N–H and O–H groups in total. The molecule has 3 rings (SSSR count). The summed E-state index contributed by atoms with van der Waals surface area (Å²) in [5.74, 6) is 2.80. The van der Waals surface area contributed by atoms with Gasteiger partial charge in [0.25, 0.3) is 0 Å². The van der Waals surface area contributed by atoms with Crippen molar-refractivity contribution in [2.75, 3.05) is 32.0 Å². The van der Waals surface area contributed by atoms with Crippen LogP contribution >= 0.6 is 11.8 Å². The number of aromatic nitrogens is 2. The van der Waals surface area contributed by atoms with Gasteiger partial charge in [0.15, 0.2) is 5.82 Å². The van der Waals surface area contributed by atoms with E-state index in [1.807, 2.05) is 13.0 Å². The number of H-pyrrole nitrogens is 1. The van der Waals surface area contributed by atoms with Crippen molar-refractivity contribution in [2.45, 2.75) is 12.3 Å². The maximum absolute atomic E-state index is 12.4. The maximum atomic E-state index is 12.4. The smallest absolute Gasteiger partial charge is 0.239 e. The summed E-state index contributed by atoms with van der Waals surface area (Å²) in [5.41, 5.74) is 1.68. The Balaban J connectivity index is 2.11. The number of nitrogens with one attached hydrogen (secondary N) is 1. The van der Waals surface area contributed by atoms with Crippen LogP contribution in [0.5, 0.6) is 17.2 Å². The van der Waals surface area contributed by atoms with Gasteiger partial charge in [-0.15, -0.1) is 11.8 Å². The van der Waals surface area contributed by atoms with Crippen molar-refractivity contribution in [1.29, 1.82) is 0 Å². The van der Waals surface area contributed by atoms with Crippen LogP contribution in [0.3, 0.4) is 0 Å². The van der Waals surface area contributed by atoms with E-state index in [-0.39, 0.29) is 11.3 Å². The van der Waals surface area contributed by atoms with Crippen molar-refractivity contribution in [3.05, 3.63) is 29.5 Å². The van der Waals surface area contributed by atoms with E-state index in [9.17, 15) is 4.79 Å². The van der Waals surface area contributed by atoms with Gasteiger partial charge in [-0.25, -0.2) is 0 Å². The van der Waals surface area contributed by atoms with Crippen LogP contribution in [0.25, 0.3) is 0 Å². The number of carbonyl (C=O) groups excluding carboxylic acids is 1. The molecule has 2 heterocycles. The minimum atomic E-state index is -0.281. The van der Waals surface area contributed by atoms with E-state index in [1.54, 1.807) is 38.4 Å². The van der Waals surface area contributed by atoms with Crippen molar-refractivity contribution in [1.82, 2.24) is 10.2 Å². The largest absolute Gasteiger partial charge is 0.496 e. The van der Waals surface area contributed by atoms with Crippen LogP contribution in [0, 0.1) is 6.92 Å². The topological polar surface area (TPSA) is 76.7 Å². The number of hydrogen-bond acceptors (Lipinski definition) is 6. The molecule has 1 saturated heterocycles. The lowest BCUT2D eigenvalue weighted by molar-refractivity contribution is -0.115. The SMILES string of the molecule is COc1cc(OC)c(C2SCC(=O)N2c2cc(C)[nH]n2)c(OC)c1. The minimum Gasteiger partial charge on any atom is -0.496 e. The van der Waals surface area contributed by atoms with Crippen LogP contribution < -0.4 is 19.1 Å². The van der Waals surface area contributed by atoms with E-state index in [1.165, 1.54) is 11.8 Å². The van der Waals surface area contributed by atoms with Gasteiger partial charge >= 0.3 is 0 Å². The highest BCUT2D eigenvalue weighted by Gasteiger charge is 2.39. The van der Waals surface area contributed by atoms with E-state index in [4.69, 9.17) is 14.2 Å². The molecule has 1 unspecified atom stereocenters. The van der Waals surface area contributed by atoms with Gasteiger partial charge in [0.05, 0.1) is 32.6 Å². The Bertz CT molecular complexity index is 737.